The summed E-state index contributed by atoms with van der Waals surface area (Å²) in [5.74, 6) is 0.630. The van der Waals surface area contributed by atoms with Gasteiger partial charge in [-0.05, 0) is 43.7 Å². The molecule has 0 aromatic heterocycles. The summed E-state index contributed by atoms with van der Waals surface area (Å²) in [6, 6.07) is 14.5. The fraction of sp³-hybridized carbons (Fsp3) is 0.263. The minimum atomic E-state index is -0.458. The number of benzene rings is 2. The van der Waals surface area contributed by atoms with Crippen LogP contribution in [0.2, 0.25) is 0 Å². The van der Waals surface area contributed by atoms with Crippen molar-refractivity contribution in [2.24, 2.45) is 0 Å². The average molecular weight is 327 g/mol. The lowest BCUT2D eigenvalue weighted by Gasteiger charge is -2.09. The number of alkyl carbamates (subject to hydrolysis) is 1. The molecule has 1 N–H and O–H groups in total. The summed E-state index contributed by atoms with van der Waals surface area (Å²) in [6.07, 6.45) is -0.458. The summed E-state index contributed by atoms with van der Waals surface area (Å²) in [5, 5.41) is 2.57. The second-order valence-electron chi connectivity index (χ2n) is 5.16. The number of carbonyl (C=O) groups excluding carboxylic acids is 2. The first-order valence-electron chi connectivity index (χ1n) is 7.85. The molecule has 0 atom stereocenters. The van der Waals surface area contributed by atoms with Gasteiger partial charge >= 0.3 is 6.09 Å². The summed E-state index contributed by atoms with van der Waals surface area (Å²) in [7, 11) is 0. The van der Waals surface area contributed by atoms with Crippen molar-refractivity contribution in [2.45, 2.75) is 13.8 Å². The molecular formula is C19H21NO4. The molecule has 0 saturated carbocycles. The van der Waals surface area contributed by atoms with Gasteiger partial charge in [0.25, 0.3) is 0 Å². The van der Waals surface area contributed by atoms with E-state index in [-0.39, 0.29) is 5.78 Å². The van der Waals surface area contributed by atoms with Gasteiger partial charge in [-0.3, -0.25) is 4.79 Å². The number of hydrogen-bond acceptors (Lipinski definition) is 4. The molecule has 2 aromatic carbocycles. The quantitative estimate of drug-likeness (QED) is 0.626. The number of carbonyl (C=O) groups is 2. The molecule has 5 nitrogen and oxygen atoms in total. The molecule has 0 aliphatic rings. The first kappa shape index (κ1) is 17.5. The Morgan fingerprint density at radius 1 is 1.04 bits per heavy atom. The summed E-state index contributed by atoms with van der Waals surface area (Å²) in [4.78, 5) is 23.6. The van der Waals surface area contributed by atoms with E-state index in [0.717, 1.165) is 5.56 Å². The Labute approximate surface area is 141 Å². The molecule has 0 fully saturated rings. The summed E-state index contributed by atoms with van der Waals surface area (Å²) < 4.78 is 10.3. The molecule has 24 heavy (non-hydrogen) atoms. The molecule has 0 aliphatic carbocycles. The number of aryl methyl sites for hydroxylation is 1. The maximum Gasteiger partial charge on any atom is 0.407 e. The van der Waals surface area contributed by atoms with E-state index < -0.39 is 6.09 Å². The summed E-state index contributed by atoms with van der Waals surface area (Å²) in [5.41, 5.74) is 2.26. The molecule has 0 saturated heterocycles. The van der Waals surface area contributed by atoms with Crippen molar-refractivity contribution in [3.05, 3.63) is 65.2 Å². The second-order valence-corrected chi connectivity index (χ2v) is 5.16. The van der Waals surface area contributed by atoms with Gasteiger partial charge in [0.2, 0.25) is 0 Å². The van der Waals surface area contributed by atoms with Crippen molar-refractivity contribution < 1.29 is 19.1 Å². The minimum absolute atomic E-state index is 0.0105. The van der Waals surface area contributed by atoms with Crippen LogP contribution in [0.15, 0.2) is 48.5 Å². The van der Waals surface area contributed by atoms with Crippen molar-refractivity contribution in [3.8, 4) is 5.75 Å². The molecule has 5 heteroatoms. The van der Waals surface area contributed by atoms with Crippen LogP contribution in [0, 0.1) is 6.92 Å². The lowest BCUT2D eigenvalue weighted by Crippen LogP contribution is -2.28. The van der Waals surface area contributed by atoms with Crippen molar-refractivity contribution in [2.75, 3.05) is 19.8 Å². The Morgan fingerprint density at radius 2 is 1.75 bits per heavy atom. The maximum atomic E-state index is 12.5. The van der Waals surface area contributed by atoms with Gasteiger partial charge in [-0.2, -0.15) is 0 Å². The highest BCUT2D eigenvalue weighted by molar-refractivity contribution is 6.09. The number of amides is 1. The van der Waals surface area contributed by atoms with Crippen molar-refractivity contribution in [1.82, 2.24) is 5.32 Å². The zero-order valence-electron chi connectivity index (χ0n) is 13.9. The van der Waals surface area contributed by atoms with Crippen LogP contribution in [0.4, 0.5) is 4.79 Å². The predicted octanol–water partition coefficient (Wildman–Crippen LogP) is 3.35. The van der Waals surface area contributed by atoms with Crippen LogP contribution >= 0.6 is 0 Å². The number of nitrogens with one attached hydrogen (secondary N) is 1. The van der Waals surface area contributed by atoms with Gasteiger partial charge in [-0.15, -0.1) is 0 Å². The van der Waals surface area contributed by atoms with Gasteiger partial charge in [0.05, 0.1) is 13.2 Å². The average Bonchev–Trinajstić information content (AvgIpc) is 2.59. The van der Waals surface area contributed by atoms with Gasteiger partial charge in [-0.1, -0.05) is 24.3 Å². The van der Waals surface area contributed by atoms with Crippen LogP contribution in [-0.4, -0.2) is 31.6 Å². The van der Waals surface area contributed by atoms with E-state index in [9.17, 15) is 9.59 Å². The highest BCUT2D eigenvalue weighted by Gasteiger charge is 2.11. The Balaban J connectivity index is 1.88. The molecule has 126 valence electrons. The lowest BCUT2D eigenvalue weighted by atomic mass is 9.99. The van der Waals surface area contributed by atoms with E-state index in [1.54, 1.807) is 31.2 Å². The molecule has 0 bridgehead atoms. The van der Waals surface area contributed by atoms with Crippen LogP contribution in [0.5, 0.6) is 5.75 Å². The van der Waals surface area contributed by atoms with Crippen LogP contribution in [0.3, 0.4) is 0 Å². The van der Waals surface area contributed by atoms with E-state index in [1.165, 1.54) is 0 Å². The number of ether oxygens (including phenoxy) is 2. The van der Waals surface area contributed by atoms with E-state index in [0.29, 0.717) is 36.6 Å². The zero-order valence-corrected chi connectivity index (χ0v) is 13.9. The van der Waals surface area contributed by atoms with Crippen molar-refractivity contribution in [3.63, 3.8) is 0 Å². The van der Waals surface area contributed by atoms with E-state index in [2.05, 4.69) is 5.32 Å². The first-order valence-corrected chi connectivity index (χ1v) is 7.85. The second kappa shape index (κ2) is 8.72. The van der Waals surface area contributed by atoms with Crippen LogP contribution in [-0.2, 0) is 4.74 Å². The molecule has 2 aromatic rings. The molecule has 0 radical (unpaired) electrons. The van der Waals surface area contributed by atoms with Crippen molar-refractivity contribution in [1.29, 1.82) is 0 Å². The Kier molecular flexibility index (Phi) is 6.37. The predicted molar refractivity (Wildman–Crippen MR) is 91.6 cm³/mol. The molecule has 0 unspecified atom stereocenters. The van der Waals surface area contributed by atoms with Crippen molar-refractivity contribution >= 4 is 11.9 Å². The highest BCUT2D eigenvalue weighted by atomic mass is 16.5. The minimum Gasteiger partial charge on any atom is -0.492 e. The molecule has 0 spiro atoms. The standard InChI is InChI=1S/C19H21NO4/c1-3-23-19(22)20-12-13-24-16-10-8-15(9-11-16)18(21)17-7-5-4-6-14(17)2/h4-11H,3,12-13H2,1-2H3,(H,20,22). The van der Waals surface area contributed by atoms with Crippen LogP contribution < -0.4 is 10.1 Å². The Morgan fingerprint density at radius 3 is 2.42 bits per heavy atom. The van der Waals surface area contributed by atoms with E-state index in [4.69, 9.17) is 9.47 Å². The monoisotopic (exact) mass is 327 g/mol. The smallest absolute Gasteiger partial charge is 0.407 e. The molecule has 0 aliphatic heterocycles. The molecule has 0 heterocycles. The maximum absolute atomic E-state index is 12.5. The van der Waals surface area contributed by atoms with E-state index >= 15 is 0 Å². The number of rotatable bonds is 7. The largest absolute Gasteiger partial charge is 0.492 e. The highest BCUT2D eigenvalue weighted by Crippen LogP contribution is 2.17. The Bertz CT molecular complexity index is 695. The van der Waals surface area contributed by atoms with Gasteiger partial charge in [0, 0.05) is 11.1 Å². The topological polar surface area (TPSA) is 64.6 Å². The van der Waals surface area contributed by atoms with Gasteiger partial charge in [-0.25, -0.2) is 4.79 Å². The van der Waals surface area contributed by atoms with Gasteiger partial charge in [0.15, 0.2) is 5.78 Å². The number of hydrogen-bond donors (Lipinski definition) is 1. The zero-order chi connectivity index (χ0) is 17.4. The normalized spacial score (nSPS) is 10.1. The molecule has 1 amide bonds. The van der Waals surface area contributed by atoms with Gasteiger partial charge < -0.3 is 14.8 Å². The van der Waals surface area contributed by atoms with E-state index in [1.807, 2.05) is 31.2 Å². The van der Waals surface area contributed by atoms with Crippen LogP contribution in [0.1, 0.15) is 28.4 Å². The third-order valence-corrected chi connectivity index (χ3v) is 3.42. The third kappa shape index (κ3) is 4.84. The Hall–Kier alpha value is -2.82. The fourth-order valence-corrected chi connectivity index (χ4v) is 2.19. The fourth-order valence-electron chi connectivity index (χ4n) is 2.19. The number of ketones is 1. The summed E-state index contributed by atoms with van der Waals surface area (Å²) >= 11 is 0. The van der Waals surface area contributed by atoms with Gasteiger partial charge in [0.1, 0.15) is 12.4 Å². The lowest BCUT2D eigenvalue weighted by molar-refractivity contribution is 0.103. The SMILES string of the molecule is CCOC(=O)NCCOc1ccc(C(=O)c2ccccc2C)cc1. The first-order chi connectivity index (χ1) is 11.6. The summed E-state index contributed by atoms with van der Waals surface area (Å²) in [6.45, 7) is 4.67. The molecular weight excluding hydrogens is 306 g/mol. The van der Waals surface area contributed by atoms with Crippen LogP contribution in [0.25, 0.3) is 0 Å². The molecule has 2 rings (SSSR count). The third-order valence-electron chi connectivity index (χ3n) is 3.42.